The summed E-state index contributed by atoms with van der Waals surface area (Å²) >= 11 is 0. The van der Waals surface area contributed by atoms with Crippen LogP contribution < -0.4 is 9.62 Å². The van der Waals surface area contributed by atoms with Crippen molar-refractivity contribution in [2.24, 2.45) is 0 Å². The Kier molecular flexibility index (Phi) is 8.17. The molecule has 7 nitrogen and oxygen atoms in total. The van der Waals surface area contributed by atoms with E-state index in [1.165, 1.54) is 4.90 Å². The molecule has 0 saturated carbocycles. The Morgan fingerprint density at radius 3 is 2.20 bits per heavy atom. The van der Waals surface area contributed by atoms with E-state index < -0.39 is 28.5 Å². The van der Waals surface area contributed by atoms with Crippen LogP contribution in [0.15, 0.2) is 66.7 Å². The number of nitrogens with zero attached hydrogens (tertiary/aromatic N) is 2. The monoisotopic (exact) mass is 495 g/mol. The van der Waals surface area contributed by atoms with Gasteiger partial charge in [-0.3, -0.25) is 13.9 Å². The number of benzene rings is 3. The van der Waals surface area contributed by atoms with E-state index in [4.69, 9.17) is 0 Å². The highest BCUT2D eigenvalue weighted by molar-refractivity contribution is 7.92. The standard InChI is InChI=1S/C27H33N3O4S/c1-19(2)28-27(32)21(4)29(17-23-13-7-6-11-20(23)3)26(31)18-30(35(5,33)34)25-16-10-14-22-12-8-9-15-24(22)25/h6-16,19,21H,17-18H2,1-5H3,(H,28,32)/t21-/m0/s1. The molecule has 3 rings (SSSR count). The van der Waals surface area contributed by atoms with Gasteiger partial charge in [0.2, 0.25) is 21.8 Å². The van der Waals surface area contributed by atoms with Crippen LogP contribution in [0, 0.1) is 6.92 Å². The van der Waals surface area contributed by atoms with Gasteiger partial charge in [-0.2, -0.15) is 0 Å². The van der Waals surface area contributed by atoms with E-state index in [9.17, 15) is 18.0 Å². The smallest absolute Gasteiger partial charge is 0.244 e. The van der Waals surface area contributed by atoms with Crippen molar-refractivity contribution >= 4 is 38.3 Å². The number of anilines is 1. The number of amides is 2. The van der Waals surface area contributed by atoms with Crippen LogP contribution in [0.2, 0.25) is 0 Å². The highest BCUT2D eigenvalue weighted by Crippen LogP contribution is 2.28. The van der Waals surface area contributed by atoms with Crippen molar-refractivity contribution in [3.63, 3.8) is 0 Å². The Labute approximate surface area is 207 Å². The highest BCUT2D eigenvalue weighted by Gasteiger charge is 2.31. The number of carbonyl (C=O) groups is 2. The molecule has 186 valence electrons. The largest absolute Gasteiger partial charge is 0.352 e. The molecular formula is C27H33N3O4S. The van der Waals surface area contributed by atoms with Gasteiger partial charge in [0.15, 0.2) is 0 Å². The first kappa shape index (κ1) is 26.2. The average Bonchev–Trinajstić information content (AvgIpc) is 2.80. The number of hydrogen-bond acceptors (Lipinski definition) is 4. The molecule has 0 aliphatic heterocycles. The van der Waals surface area contributed by atoms with Gasteiger partial charge >= 0.3 is 0 Å². The van der Waals surface area contributed by atoms with E-state index in [2.05, 4.69) is 5.32 Å². The van der Waals surface area contributed by atoms with Crippen LogP contribution in [0.4, 0.5) is 5.69 Å². The lowest BCUT2D eigenvalue weighted by Crippen LogP contribution is -2.52. The SMILES string of the molecule is Cc1ccccc1CN(C(=O)CN(c1cccc2ccccc12)S(C)(=O)=O)[C@@H](C)C(=O)NC(C)C. The van der Waals surface area contributed by atoms with Crippen LogP contribution in [0.3, 0.4) is 0 Å². The van der Waals surface area contributed by atoms with E-state index in [1.54, 1.807) is 19.1 Å². The van der Waals surface area contributed by atoms with E-state index >= 15 is 0 Å². The zero-order valence-corrected chi connectivity index (χ0v) is 21.7. The average molecular weight is 496 g/mol. The number of aryl methyl sites for hydroxylation is 1. The number of fused-ring (bicyclic) bond motifs is 1. The van der Waals surface area contributed by atoms with Crippen molar-refractivity contribution in [2.45, 2.75) is 46.3 Å². The first-order valence-electron chi connectivity index (χ1n) is 11.6. The summed E-state index contributed by atoms with van der Waals surface area (Å²) in [5.74, 6) is -0.754. The second kappa shape index (κ2) is 10.9. The number of rotatable bonds is 9. The summed E-state index contributed by atoms with van der Waals surface area (Å²) in [7, 11) is -3.80. The maximum atomic E-state index is 13.7. The van der Waals surface area contributed by atoms with Gasteiger partial charge in [0.25, 0.3) is 0 Å². The van der Waals surface area contributed by atoms with Gasteiger partial charge in [-0.15, -0.1) is 0 Å². The molecule has 35 heavy (non-hydrogen) atoms. The summed E-state index contributed by atoms with van der Waals surface area (Å²) in [4.78, 5) is 28.0. The number of nitrogens with one attached hydrogen (secondary N) is 1. The molecule has 0 fully saturated rings. The normalized spacial score (nSPS) is 12.4. The molecule has 0 aliphatic carbocycles. The van der Waals surface area contributed by atoms with Gasteiger partial charge in [-0.1, -0.05) is 60.7 Å². The molecule has 8 heteroatoms. The maximum Gasteiger partial charge on any atom is 0.244 e. The molecule has 0 spiro atoms. The maximum absolute atomic E-state index is 13.7. The van der Waals surface area contributed by atoms with Gasteiger partial charge < -0.3 is 10.2 Å². The Hall–Kier alpha value is -3.39. The molecule has 0 aromatic heterocycles. The zero-order valence-electron chi connectivity index (χ0n) is 20.9. The molecule has 0 radical (unpaired) electrons. The van der Waals surface area contributed by atoms with Crippen LogP contribution in [0.5, 0.6) is 0 Å². The van der Waals surface area contributed by atoms with E-state index in [-0.39, 0.29) is 18.5 Å². The second-order valence-corrected chi connectivity index (χ2v) is 11.0. The summed E-state index contributed by atoms with van der Waals surface area (Å²) in [5.41, 5.74) is 2.30. The third-order valence-electron chi connectivity index (χ3n) is 5.91. The number of carbonyl (C=O) groups excluding carboxylic acids is 2. The first-order chi connectivity index (χ1) is 16.5. The predicted octanol–water partition coefficient (Wildman–Crippen LogP) is 3.86. The number of hydrogen-bond donors (Lipinski definition) is 1. The molecule has 0 heterocycles. The van der Waals surface area contributed by atoms with Crippen LogP contribution in [-0.2, 0) is 26.2 Å². The van der Waals surface area contributed by atoms with Crippen molar-refractivity contribution in [1.82, 2.24) is 10.2 Å². The quantitative estimate of drug-likeness (QED) is 0.488. The molecular weight excluding hydrogens is 462 g/mol. The minimum atomic E-state index is -3.80. The molecule has 0 unspecified atom stereocenters. The van der Waals surface area contributed by atoms with Crippen molar-refractivity contribution in [3.8, 4) is 0 Å². The first-order valence-corrected chi connectivity index (χ1v) is 13.4. The molecule has 1 atom stereocenters. The summed E-state index contributed by atoms with van der Waals surface area (Å²) in [5, 5.41) is 4.45. The molecule has 3 aromatic carbocycles. The lowest BCUT2D eigenvalue weighted by atomic mass is 10.1. The topological polar surface area (TPSA) is 86.8 Å². The van der Waals surface area contributed by atoms with Crippen LogP contribution >= 0.6 is 0 Å². The van der Waals surface area contributed by atoms with Gasteiger partial charge in [0.1, 0.15) is 12.6 Å². The van der Waals surface area contributed by atoms with Crippen molar-refractivity contribution in [1.29, 1.82) is 0 Å². The third kappa shape index (κ3) is 6.39. The van der Waals surface area contributed by atoms with Crippen LogP contribution in [-0.4, -0.2) is 50.0 Å². The van der Waals surface area contributed by atoms with Crippen LogP contribution in [0.1, 0.15) is 31.9 Å². The Morgan fingerprint density at radius 2 is 1.54 bits per heavy atom. The minimum absolute atomic E-state index is 0.0939. The molecule has 3 aromatic rings. The summed E-state index contributed by atoms with van der Waals surface area (Å²) < 4.78 is 26.9. The van der Waals surface area contributed by atoms with E-state index in [0.717, 1.165) is 32.5 Å². The summed E-state index contributed by atoms with van der Waals surface area (Å²) in [6, 6.07) is 19.5. The molecule has 0 saturated heterocycles. The van der Waals surface area contributed by atoms with E-state index in [0.29, 0.717) is 5.69 Å². The Balaban J connectivity index is 2.01. The Bertz CT molecular complexity index is 1320. The predicted molar refractivity (Wildman–Crippen MR) is 141 cm³/mol. The lowest BCUT2D eigenvalue weighted by Gasteiger charge is -2.32. The van der Waals surface area contributed by atoms with Gasteiger partial charge in [0, 0.05) is 18.0 Å². The third-order valence-corrected chi connectivity index (χ3v) is 7.04. The molecule has 2 amide bonds. The Morgan fingerprint density at radius 1 is 0.914 bits per heavy atom. The minimum Gasteiger partial charge on any atom is -0.352 e. The van der Waals surface area contributed by atoms with Gasteiger partial charge in [-0.05, 0) is 50.3 Å². The van der Waals surface area contributed by atoms with Crippen molar-refractivity contribution < 1.29 is 18.0 Å². The summed E-state index contributed by atoms with van der Waals surface area (Å²) in [6.07, 6.45) is 1.09. The second-order valence-electron chi connectivity index (χ2n) is 9.06. The number of sulfonamides is 1. The fraction of sp³-hybridized carbons (Fsp3) is 0.333. The van der Waals surface area contributed by atoms with Gasteiger partial charge in [-0.25, -0.2) is 8.42 Å². The fourth-order valence-electron chi connectivity index (χ4n) is 3.98. The fourth-order valence-corrected chi connectivity index (χ4v) is 4.84. The van der Waals surface area contributed by atoms with Crippen molar-refractivity contribution in [3.05, 3.63) is 77.9 Å². The zero-order chi connectivity index (χ0) is 25.8. The molecule has 0 aliphatic rings. The molecule has 0 bridgehead atoms. The highest BCUT2D eigenvalue weighted by atomic mass is 32.2. The van der Waals surface area contributed by atoms with Crippen LogP contribution in [0.25, 0.3) is 10.8 Å². The van der Waals surface area contributed by atoms with E-state index in [1.807, 2.05) is 75.4 Å². The van der Waals surface area contributed by atoms with Gasteiger partial charge in [0.05, 0.1) is 11.9 Å². The lowest BCUT2D eigenvalue weighted by molar-refractivity contribution is -0.139. The molecule has 1 N–H and O–H groups in total. The van der Waals surface area contributed by atoms with Crippen molar-refractivity contribution in [2.75, 3.05) is 17.1 Å². The summed E-state index contributed by atoms with van der Waals surface area (Å²) in [6.45, 7) is 7.07.